The topological polar surface area (TPSA) is 58.4 Å². The van der Waals surface area contributed by atoms with Crippen LogP contribution in [0.3, 0.4) is 0 Å². The van der Waals surface area contributed by atoms with Crippen LogP contribution in [0.25, 0.3) is 0 Å². The van der Waals surface area contributed by atoms with Gasteiger partial charge < -0.3 is 14.7 Å². The molecule has 0 radical (unpaired) electrons. The fourth-order valence-electron chi connectivity index (χ4n) is 1.96. The van der Waals surface area contributed by atoms with Crippen molar-refractivity contribution in [1.82, 2.24) is 15.4 Å². The molecule has 2 aromatic heterocycles. The van der Waals surface area contributed by atoms with Crippen LogP contribution in [0.4, 0.5) is 4.79 Å². The molecule has 114 valence electrons. The highest BCUT2D eigenvalue weighted by Crippen LogP contribution is 2.26. The van der Waals surface area contributed by atoms with E-state index in [0.717, 1.165) is 26.2 Å². The van der Waals surface area contributed by atoms with Crippen LogP contribution in [0, 0.1) is 13.8 Å². The first-order chi connectivity index (χ1) is 9.88. The molecular weight excluding hydrogens is 310 g/mol. The number of halogens is 1. The van der Waals surface area contributed by atoms with Gasteiger partial charge in [-0.05, 0) is 32.9 Å². The lowest BCUT2D eigenvalue weighted by molar-refractivity contribution is 0.203. The van der Waals surface area contributed by atoms with E-state index in [4.69, 9.17) is 16.1 Å². The number of hydrogen-bond donors (Lipinski definition) is 1. The SMILES string of the molecule is Cc1noc(C)c1CN(C)C(=O)N[C@H](C)c1ccc(Cl)s1. The van der Waals surface area contributed by atoms with Crippen LogP contribution in [-0.4, -0.2) is 23.1 Å². The molecule has 1 atom stereocenters. The van der Waals surface area contributed by atoms with Gasteiger partial charge in [-0.3, -0.25) is 0 Å². The number of aryl methyl sites for hydroxylation is 2. The van der Waals surface area contributed by atoms with E-state index in [1.54, 1.807) is 11.9 Å². The molecule has 21 heavy (non-hydrogen) atoms. The quantitative estimate of drug-likeness (QED) is 0.926. The fraction of sp³-hybridized carbons (Fsp3) is 0.429. The molecule has 0 saturated carbocycles. The van der Waals surface area contributed by atoms with Gasteiger partial charge in [0.25, 0.3) is 0 Å². The van der Waals surface area contributed by atoms with Gasteiger partial charge in [0, 0.05) is 17.5 Å². The average molecular weight is 328 g/mol. The molecule has 2 heterocycles. The summed E-state index contributed by atoms with van der Waals surface area (Å²) in [5, 5.41) is 6.84. The fourth-order valence-corrected chi connectivity index (χ4v) is 3.03. The summed E-state index contributed by atoms with van der Waals surface area (Å²) in [6, 6.07) is 3.53. The summed E-state index contributed by atoms with van der Waals surface area (Å²) < 4.78 is 5.83. The van der Waals surface area contributed by atoms with E-state index in [1.807, 2.05) is 32.9 Å². The Balaban J connectivity index is 1.97. The first kappa shape index (κ1) is 15.9. The van der Waals surface area contributed by atoms with Crippen LogP contribution in [0.5, 0.6) is 0 Å². The molecule has 0 aromatic carbocycles. The van der Waals surface area contributed by atoms with Gasteiger partial charge in [0.15, 0.2) is 0 Å². The predicted molar refractivity (Wildman–Crippen MR) is 83.7 cm³/mol. The van der Waals surface area contributed by atoms with Gasteiger partial charge in [0.1, 0.15) is 5.76 Å². The van der Waals surface area contributed by atoms with Crippen LogP contribution < -0.4 is 5.32 Å². The molecule has 2 aromatic rings. The normalized spacial score (nSPS) is 12.2. The third-order valence-electron chi connectivity index (χ3n) is 3.28. The van der Waals surface area contributed by atoms with Crippen LogP contribution in [0.2, 0.25) is 4.34 Å². The zero-order valence-electron chi connectivity index (χ0n) is 12.4. The second kappa shape index (κ2) is 6.49. The van der Waals surface area contributed by atoms with E-state index in [0.29, 0.717) is 6.54 Å². The molecule has 1 N–H and O–H groups in total. The number of aromatic nitrogens is 1. The largest absolute Gasteiger partial charge is 0.361 e. The lowest BCUT2D eigenvalue weighted by Crippen LogP contribution is -2.38. The Morgan fingerprint density at radius 2 is 2.24 bits per heavy atom. The van der Waals surface area contributed by atoms with Crippen molar-refractivity contribution in [3.05, 3.63) is 38.4 Å². The van der Waals surface area contributed by atoms with Crippen molar-refractivity contribution in [3.8, 4) is 0 Å². The molecule has 0 fully saturated rings. The molecule has 0 spiro atoms. The van der Waals surface area contributed by atoms with E-state index in [1.165, 1.54) is 11.3 Å². The number of carbonyl (C=O) groups is 1. The third-order valence-corrected chi connectivity index (χ3v) is 4.70. The van der Waals surface area contributed by atoms with Crippen molar-refractivity contribution in [2.45, 2.75) is 33.4 Å². The number of carbonyl (C=O) groups excluding carboxylic acids is 1. The van der Waals surface area contributed by atoms with Crippen LogP contribution in [0.15, 0.2) is 16.7 Å². The van der Waals surface area contributed by atoms with E-state index < -0.39 is 0 Å². The minimum Gasteiger partial charge on any atom is -0.361 e. The van der Waals surface area contributed by atoms with E-state index in [2.05, 4.69) is 10.5 Å². The minimum absolute atomic E-state index is 0.0814. The monoisotopic (exact) mass is 327 g/mol. The Labute approximate surface area is 132 Å². The summed E-state index contributed by atoms with van der Waals surface area (Å²) in [5.74, 6) is 0.741. The van der Waals surface area contributed by atoms with Gasteiger partial charge in [-0.15, -0.1) is 11.3 Å². The lowest BCUT2D eigenvalue weighted by Gasteiger charge is -2.20. The summed E-state index contributed by atoms with van der Waals surface area (Å²) in [4.78, 5) is 14.9. The number of hydrogen-bond acceptors (Lipinski definition) is 4. The van der Waals surface area contributed by atoms with Crippen LogP contribution in [-0.2, 0) is 6.54 Å². The molecule has 0 bridgehead atoms. The first-order valence-corrected chi connectivity index (χ1v) is 7.76. The molecule has 5 nitrogen and oxygen atoms in total. The van der Waals surface area contributed by atoms with Gasteiger partial charge in [0.2, 0.25) is 0 Å². The Kier molecular flexibility index (Phi) is 4.90. The first-order valence-electron chi connectivity index (χ1n) is 6.57. The number of thiophene rings is 1. The smallest absolute Gasteiger partial charge is 0.317 e. The lowest BCUT2D eigenvalue weighted by atomic mass is 10.2. The van der Waals surface area contributed by atoms with Gasteiger partial charge in [-0.2, -0.15) is 0 Å². The number of rotatable bonds is 4. The van der Waals surface area contributed by atoms with Crippen LogP contribution >= 0.6 is 22.9 Å². The molecular formula is C14H18ClN3O2S. The number of nitrogens with zero attached hydrogens (tertiary/aromatic N) is 2. The summed E-state index contributed by atoms with van der Waals surface area (Å²) in [6.45, 7) is 6.11. The zero-order chi connectivity index (χ0) is 15.6. The summed E-state index contributed by atoms with van der Waals surface area (Å²) >= 11 is 7.38. The van der Waals surface area contributed by atoms with Gasteiger partial charge in [0.05, 0.1) is 22.6 Å². The molecule has 2 amide bonds. The van der Waals surface area contributed by atoms with Crippen molar-refractivity contribution in [2.75, 3.05) is 7.05 Å². The highest BCUT2D eigenvalue weighted by molar-refractivity contribution is 7.16. The molecule has 7 heteroatoms. The summed E-state index contributed by atoms with van der Waals surface area (Å²) in [7, 11) is 1.75. The maximum atomic E-state index is 12.2. The van der Waals surface area contributed by atoms with E-state index >= 15 is 0 Å². The van der Waals surface area contributed by atoms with E-state index in [9.17, 15) is 4.79 Å². The number of nitrogens with one attached hydrogen (secondary N) is 1. The second-order valence-electron chi connectivity index (χ2n) is 4.97. The number of amides is 2. The molecule has 0 unspecified atom stereocenters. The highest BCUT2D eigenvalue weighted by atomic mass is 35.5. The Morgan fingerprint density at radius 3 is 2.76 bits per heavy atom. The maximum absolute atomic E-state index is 12.2. The van der Waals surface area contributed by atoms with Gasteiger partial charge in [-0.1, -0.05) is 16.8 Å². The molecule has 0 saturated heterocycles. The number of urea groups is 1. The molecule has 0 aliphatic rings. The summed E-state index contributed by atoms with van der Waals surface area (Å²) in [5.41, 5.74) is 1.75. The van der Waals surface area contributed by atoms with Crippen molar-refractivity contribution in [3.63, 3.8) is 0 Å². The van der Waals surface area contributed by atoms with Crippen LogP contribution in [0.1, 0.15) is 34.9 Å². The molecule has 0 aliphatic heterocycles. The Hall–Kier alpha value is -1.53. The van der Waals surface area contributed by atoms with Crippen molar-refractivity contribution < 1.29 is 9.32 Å². The van der Waals surface area contributed by atoms with Crippen molar-refractivity contribution >= 4 is 29.0 Å². The van der Waals surface area contributed by atoms with Gasteiger partial charge >= 0.3 is 6.03 Å². The Morgan fingerprint density at radius 1 is 1.52 bits per heavy atom. The molecule has 0 aliphatic carbocycles. The summed E-state index contributed by atoms with van der Waals surface area (Å²) in [6.07, 6.45) is 0. The van der Waals surface area contributed by atoms with Crippen molar-refractivity contribution in [2.24, 2.45) is 0 Å². The second-order valence-corrected chi connectivity index (χ2v) is 6.72. The minimum atomic E-state index is -0.146. The zero-order valence-corrected chi connectivity index (χ0v) is 14.0. The Bertz CT molecular complexity index is 618. The van der Waals surface area contributed by atoms with E-state index in [-0.39, 0.29) is 12.1 Å². The maximum Gasteiger partial charge on any atom is 0.317 e. The average Bonchev–Trinajstić information content (AvgIpc) is 2.99. The third kappa shape index (κ3) is 3.77. The predicted octanol–water partition coefficient (Wildman–Crippen LogP) is 3.91. The van der Waals surface area contributed by atoms with Gasteiger partial charge in [-0.25, -0.2) is 4.79 Å². The highest BCUT2D eigenvalue weighted by Gasteiger charge is 2.18. The standard InChI is InChI=1S/C14H18ClN3O2S/c1-8-11(10(3)20-17-8)7-18(4)14(19)16-9(2)12-5-6-13(15)21-12/h5-6,9H,7H2,1-4H3,(H,16,19)/t9-/m1/s1. The molecule has 2 rings (SSSR count). The van der Waals surface area contributed by atoms with Crippen molar-refractivity contribution in [1.29, 1.82) is 0 Å².